The minimum absolute atomic E-state index is 0.259. The topological polar surface area (TPSA) is 134 Å². The van der Waals surface area contributed by atoms with Crippen LogP contribution in [0.3, 0.4) is 0 Å². The molecule has 9 nitrogen and oxygen atoms in total. The Bertz CT molecular complexity index is 874. The Balaban J connectivity index is 2.27. The maximum atomic E-state index is 10.8. The van der Waals surface area contributed by atoms with Crippen molar-refractivity contribution >= 4 is 17.7 Å². The van der Waals surface area contributed by atoms with E-state index < -0.39 is 16.4 Å². The van der Waals surface area contributed by atoms with Crippen molar-refractivity contribution < 1.29 is 14.8 Å². The number of aromatic nitrogens is 1. The van der Waals surface area contributed by atoms with Crippen LogP contribution >= 0.6 is 0 Å². The summed E-state index contributed by atoms with van der Waals surface area (Å²) in [6.07, 6.45) is 1.33. The van der Waals surface area contributed by atoms with Gasteiger partial charge in [-0.2, -0.15) is 10.4 Å². The predicted octanol–water partition coefficient (Wildman–Crippen LogP) is 2.47. The van der Waals surface area contributed by atoms with E-state index in [4.69, 9.17) is 4.74 Å². The number of aryl methyl sites for hydroxylation is 1. The van der Waals surface area contributed by atoms with Gasteiger partial charge in [0.2, 0.25) is 0 Å². The second-order valence-corrected chi connectivity index (χ2v) is 5.07. The SMILES string of the molecule is COCc1cc(C)nc(NN=Cc2ccc(O)c([N+](=O)[O-])c2)c1C#N. The van der Waals surface area contributed by atoms with Crippen LogP contribution in [0.1, 0.15) is 22.4 Å². The summed E-state index contributed by atoms with van der Waals surface area (Å²) in [7, 11) is 1.53. The molecule has 0 fully saturated rings. The van der Waals surface area contributed by atoms with E-state index in [1.165, 1.54) is 31.5 Å². The standard InChI is InChI=1S/C16H15N5O4/c1-10-5-12(9-25-2)13(7-17)16(19-10)20-18-8-11-3-4-15(22)14(6-11)21(23)24/h3-6,8,22H,9H2,1-2H3,(H,19,20). The lowest BCUT2D eigenvalue weighted by molar-refractivity contribution is -0.385. The third-order valence-electron chi connectivity index (χ3n) is 3.22. The number of anilines is 1. The quantitative estimate of drug-likeness (QED) is 0.468. The number of pyridine rings is 1. The monoisotopic (exact) mass is 341 g/mol. The van der Waals surface area contributed by atoms with Gasteiger partial charge in [-0.15, -0.1) is 0 Å². The van der Waals surface area contributed by atoms with Crippen molar-refractivity contribution in [3.05, 3.63) is 56.8 Å². The van der Waals surface area contributed by atoms with Crippen molar-refractivity contribution in [2.75, 3.05) is 12.5 Å². The number of nitriles is 1. The first-order valence-electron chi connectivity index (χ1n) is 7.12. The fourth-order valence-corrected chi connectivity index (χ4v) is 2.15. The van der Waals surface area contributed by atoms with E-state index in [-0.39, 0.29) is 12.4 Å². The summed E-state index contributed by atoms with van der Waals surface area (Å²) in [6.45, 7) is 2.04. The van der Waals surface area contributed by atoms with Crippen LogP contribution in [-0.2, 0) is 11.3 Å². The number of nitrogens with one attached hydrogen (secondary N) is 1. The number of methoxy groups -OCH3 is 1. The summed E-state index contributed by atoms with van der Waals surface area (Å²) in [5, 5.41) is 33.5. The summed E-state index contributed by atoms with van der Waals surface area (Å²) in [6, 6.07) is 7.67. The first-order valence-corrected chi connectivity index (χ1v) is 7.12. The number of ether oxygens (including phenoxy) is 1. The first kappa shape index (κ1) is 17.8. The Morgan fingerprint density at radius 2 is 2.28 bits per heavy atom. The predicted molar refractivity (Wildman–Crippen MR) is 90.4 cm³/mol. The summed E-state index contributed by atoms with van der Waals surface area (Å²) >= 11 is 0. The molecule has 2 N–H and O–H groups in total. The molecule has 9 heteroatoms. The summed E-state index contributed by atoms with van der Waals surface area (Å²) in [4.78, 5) is 14.4. The van der Waals surface area contributed by atoms with E-state index in [9.17, 15) is 20.5 Å². The molecule has 0 unspecified atom stereocenters. The van der Waals surface area contributed by atoms with E-state index in [1.807, 2.05) is 0 Å². The van der Waals surface area contributed by atoms with Crippen LogP contribution in [0.5, 0.6) is 5.75 Å². The average Bonchev–Trinajstić information content (AvgIpc) is 2.56. The lowest BCUT2D eigenvalue weighted by Gasteiger charge is -2.09. The van der Waals surface area contributed by atoms with Gasteiger partial charge < -0.3 is 9.84 Å². The highest BCUT2D eigenvalue weighted by Crippen LogP contribution is 2.25. The second kappa shape index (κ2) is 7.85. The molecule has 25 heavy (non-hydrogen) atoms. The van der Waals surface area contributed by atoms with Crippen molar-refractivity contribution in [2.45, 2.75) is 13.5 Å². The Kier molecular flexibility index (Phi) is 5.60. The number of rotatable bonds is 6. The van der Waals surface area contributed by atoms with Gasteiger partial charge in [-0.05, 0) is 25.1 Å². The number of aromatic hydroxyl groups is 1. The van der Waals surface area contributed by atoms with Crippen LogP contribution in [-0.4, -0.2) is 28.3 Å². The highest BCUT2D eigenvalue weighted by molar-refractivity contribution is 5.82. The molecule has 0 saturated heterocycles. The van der Waals surface area contributed by atoms with Gasteiger partial charge in [0, 0.05) is 30.0 Å². The Morgan fingerprint density at radius 3 is 2.92 bits per heavy atom. The van der Waals surface area contributed by atoms with E-state index in [0.29, 0.717) is 22.4 Å². The van der Waals surface area contributed by atoms with E-state index in [2.05, 4.69) is 21.6 Å². The minimum atomic E-state index is -0.687. The molecule has 0 spiro atoms. The summed E-state index contributed by atoms with van der Waals surface area (Å²) < 4.78 is 5.07. The molecule has 0 saturated carbocycles. The number of nitro groups is 1. The average molecular weight is 341 g/mol. The lowest BCUT2D eigenvalue weighted by Crippen LogP contribution is -2.03. The van der Waals surface area contributed by atoms with E-state index >= 15 is 0 Å². The highest BCUT2D eigenvalue weighted by Gasteiger charge is 2.13. The number of phenols is 1. The molecule has 0 bridgehead atoms. The zero-order chi connectivity index (χ0) is 18.4. The van der Waals surface area contributed by atoms with Gasteiger partial charge in [-0.3, -0.25) is 15.5 Å². The van der Waals surface area contributed by atoms with Gasteiger partial charge in [0.15, 0.2) is 11.6 Å². The maximum absolute atomic E-state index is 10.8. The Morgan fingerprint density at radius 1 is 1.52 bits per heavy atom. The molecule has 1 heterocycles. The van der Waals surface area contributed by atoms with Crippen molar-refractivity contribution in [3.8, 4) is 11.8 Å². The third kappa shape index (κ3) is 4.27. The molecule has 0 aliphatic heterocycles. The normalized spacial score (nSPS) is 10.6. The van der Waals surface area contributed by atoms with Crippen LogP contribution in [0.25, 0.3) is 0 Å². The van der Waals surface area contributed by atoms with Gasteiger partial charge in [0.1, 0.15) is 11.6 Å². The van der Waals surface area contributed by atoms with Gasteiger partial charge >= 0.3 is 5.69 Å². The van der Waals surface area contributed by atoms with E-state index in [0.717, 1.165) is 0 Å². The molecular formula is C16H15N5O4. The molecule has 2 rings (SSSR count). The molecule has 0 radical (unpaired) electrons. The van der Waals surface area contributed by atoms with Crippen molar-refractivity contribution in [1.82, 2.24) is 4.98 Å². The van der Waals surface area contributed by atoms with E-state index in [1.54, 1.807) is 13.0 Å². The maximum Gasteiger partial charge on any atom is 0.311 e. The molecule has 1 aromatic heterocycles. The number of nitrogens with zero attached hydrogens (tertiary/aromatic N) is 4. The van der Waals surface area contributed by atoms with Crippen molar-refractivity contribution in [3.63, 3.8) is 0 Å². The summed E-state index contributed by atoms with van der Waals surface area (Å²) in [5.74, 6) is -0.162. The lowest BCUT2D eigenvalue weighted by atomic mass is 10.1. The summed E-state index contributed by atoms with van der Waals surface area (Å²) in [5.41, 5.74) is 4.32. The Labute approximate surface area is 143 Å². The van der Waals surface area contributed by atoms with Gasteiger partial charge in [-0.1, -0.05) is 0 Å². The molecule has 0 amide bonds. The molecule has 2 aromatic rings. The second-order valence-electron chi connectivity index (χ2n) is 5.07. The number of benzene rings is 1. The van der Waals surface area contributed by atoms with Crippen LogP contribution < -0.4 is 5.43 Å². The van der Waals surface area contributed by atoms with Crippen LogP contribution in [0.4, 0.5) is 11.5 Å². The zero-order valence-corrected chi connectivity index (χ0v) is 13.6. The number of hydrogen-bond donors (Lipinski definition) is 2. The highest BCUT2D eigenvalue weighted by atomic mass is 16.6. The smallest absolute Gasteiger partial charge is 0.311 e. The molecule has 1 aromatic carbocycles. The number of hydrazone groups is 1. The minimum Gasteiger partial charge on any atom is -0.502 e. The van der Waals surface area contributed by atoms with Gasteiger partial charge in [-0.25, -0.2) is 4.98 Å². The van der Waals surface area contributed by atoms with Crippen molar-refractivity contribution in [1.29, 1.82) is 5.26 Å². The molecule has 0 atom stereocenters. The number of nitro benzene ring substituents is 1. The number of hydrogen-bond acceptors (Lipinski definition) is 8. The van der Waals surface area contributed by atoms with Crippen LogP contribution in [0.2, 0.25) is 0 Å². The fourth-order valence-electron chi connectivity index (χ4n) is 2.15. The molecule has 0 aliphatic rings. The zero-order valence-electron chi connectivity index (χ0n) is 13.6. The van der Waals surface area contributed by atoms with Crippen LogP contribution in [0, 0.1) is 28.4 Å². The largest absolute Gasteiger partial charge is 0.502 e. The van der Waals surface area contributed by atoms with Gasteiger partial charge in [0.05, 0.1) is 17.7 Å². The van der Waals surface area contributed by atoms with Crippen LogP contribution in [0.15, 0.2) is 29.4 Å². The molecular weight excluding hydrogens is 326 g/mol. The van der Waals surface area contributed by atoms with Crippen molar-refractivity contribution in [2.24, 2.45) is 5.10 Å². The first-order chi connectivity index (χ1) is 12.0. The third-order valence-corrected chi connectivity index (χ3v) is 3.22. The molecule has 0 aliphatic carbocycles. The number of phenolic OH excluding ortho intramolecular Hbond substituents is 1. The Hall–Kier alpha value is -3.51. The molecule has 128 valence electrons. The fraction of sp³-hybridized carbons (Fsp3) is 0.188. The van der Waals surface area contributed by atoms with Gasteiger partial charge in [0.25, 0.3) is 0 Å².